The van der Waals surface area contributed by atoms with Gasteiger partial charge in [0.05, 0.1) is 6.26 Å². The summed E-state index contributed by atoms with van der Waals surface area (Å²) in [6.07, 6.45) is 3.07. The number of hydrogen-bond donors (Lipinski definition) is 3. The molecule has 4 rings (SSSR count). The van der Waals surface area contributed by atoms with Gasteiger partial charge in [0.1, 0.15) is 6.10 Å². The fourth-order valence-corrected chi connectivity index (χ4v) is 5.60. The average Bonchev–Trinajstić information content (AvgIpc) is 3.10. The Kier molecular flexibility index (Phi) is 5.52. The predicted octanol–water partition coefficient (Wildman–Crippen LogP) is 1.26. The van der Waals surface area contributed by atoms with Crippen molar-refractivity contribution in [2.24, 2.45) is 17.8 Å². The van der Waals surface area contributed by atoms with Crippen molar-refractivity contribution in [1.29, 1.82) is 0 Å². The van der Waals surface area contributed by atoms with E-state index in [1.54, 1.807) is 0 Å². The summed E-state index contributed by atoms with van der Waals surface area (Å²) < 4.78 is 30.1. The lowest BCUT2D eigenvalue weighted by molar-refractivity contribution is -0.118. The summed E-state index contributed by atoms with van der Waals surface area (Å²) in [5, 5.41) is 12.8. The number of anilines is 1. The minimum absolute atomic E-state index is 0.0360. The van der Waals surface area contributed by atoms with Crippen LogP contribution in [0.2, 0.25) is 0 Å². The molecule has 2 amide bonds. The number of nitrogens with zero attached hydrogens (tertiary/aromatic N) is 2. The lowest BCUT2D eigenvalue weighted by atomic mass is 10.0. The van der Waals surface area contributed by atoms with Crippen LogP contribution in [-0.4, -0.2) is 66.4 Å². The molecule has 1 saturated heterocycles. The molecule has 2 aliphatic carbocycles. The number of sulfonamides is 1. The van der Waals surface area contributed by atoms with Crippen LogP contribution in [0.25, 0.3) is 0 Å². The lowest BCUT2D eigenvalue weighted by Gasteiger charge is -2.16. The molecule has 3 fully saturated rings. The first-order valence-electron chi connectivity index (χ1n) is 10.4. The molecule has 1 unspecified atom stereocenters. The van der Waals surface area contributed by atoms with Gasteiger partial charge in [0.15, 0.2) is 5.82 Å². The number of nitrogens with one attached hydrogen (secondary N) is 3. The number of amides is 2. The van der Waals surface area contributed by atoms with Gasteiger partial charge >= 0.3 is 6.09 Å². The number of aromatic amines is 1. The maximum Gasteiger partial charge on any atom is 0.407 e. The van der Waals surface area contributed by atoms with Crippen molar-refractivity contribution in [3.63, 3.8) is 0 Å². The number of H-pyrrole nitrogens is 1. The fourth-order valence-electron chi connectivity index (χ4n) is 4.72. The molecule has 1 aromatic rings. The monoisotopic (exact) mass is 439 g/mol. The van der Waals surface area contributed by atoms with Crippen molar-refractivity contribution in [3.8, 4) is 0 Å². The van der Waals surface area contributed by atoms with Crippen LogP contribution in [0.4, 0.5) is 10.6 Å². The van der Waals surface area contributed by atoms with E-state index >= 15 is 0 Å². The van der Waals surface area contributed by atoms with E-state index in [0.717, 1.165) is 25.0 Å². The third-order valence-electron chi connectivity index (χ3n) is 6.29. The van der Waals surface area contributed by atoms with Crippen LogP contribution in [0, 0.1) is 17.8 Å². The summed E-state index contributed by atoms with van der Waals surface area (Å²) in [7, 11) is -3.19. The highest BCUT2D eigenvalue weighted by molar-refractivity contribution is 7.88. The van der Waals surface area contributed by atoms with Crippen molar-refractivity contribution < 1.29 is 22.7 Å². The first-order valence-corrected chi connectivity index (χ1v) is 12.2. The Hall–Kier alpha value is -2.14. The molecule has 3 N–H and O–H groups in total. The fraction of sp³-hybridized carbons (Fsp3) is 0.737. The number of hydrogen-bond acceptors (Lipinski definition) is 6. The van der Waals surface area contributed by atoms with Crippen molar-refractivity contribution in [1.82, 2.24) is 19.8 Å². The Balaban J connectivity index is 1.26. The molecule has 11 heteroatoms. The number of ether oxygens (including phenoxy) is 1. The Bertz CT molecular complexity index is 917. The number of carbonyl (C=O) groups is 2. The summed E-state index contributed by atoms with van der Waals surface area (Å²) in [5.74, 6) is 0.622. The van der Waals surface area contributed by atoms with Crippen LogP contribution >= 0.6 is 0 Å². The van der Waals surface area contributed by atoms with Gasteiger partial charge in [-0.25, -0.2) is 17.5 Å². The maximum absolute atomic E-state index is 12.5. The van der Waals surface area contributed by atoms with Crippen molar-refractivity contribution >= 4 is 27.8 Å². The first kappa shape index (κ1) is 21.1. The van der Waals surface area contributed by atoms with Crippen molar-refractivity contribution in [2.45, 2.75) is 51.2 Å². The van der Waals surface area contributed by atoms with Crippen LogP contribution in [0.5, 0.6) is 0 Å². The first-order chi connectivity index (χ1) is 14.1. The van der Waals surface area contributed by atoms with Crippen LogP contribution in [0.15, 0.2) is 6.07 Å². The van der Waals surface area contributed by atoms with Crippen molar-refractivity contribution in [2.75, 3.05) is 24.7 Å². The molecule has 166 valence electrons. The van der Waals surface area contributed by atoms with Crippen LogP contribution in [-0.2, 0) is 19.6 Å². The Labute approximate surface area is 176 Å². The molecular formula is C19H29N5O5S. The van der Waals surface area contributed by atoms with E-state index in [-0.39, 0.29) is 41.7 Å². The predicted molar refractivity (Wildman–Crippen MR) is 109 cm³/mol. The Morgan fingerprint density at radius 2 is 1.97 bits per heavy atom. The molecule has 3 aliphatic rings. The standard InChI is InChI=1S/C19H29N5O5S/c1-10(2)20-19(26)29-12-5-4-11(6-12)15-7-16(23-22-15)21-18(25)17-13-8-24(9-14(13)17)30(3,27)28/h7,10-14,17H,4-6,8-9H2,1-3H3,(H,20,26)(H2,21,22,23,25)/t11-,12+,13-,14+,17?/m0/s1. The topological polar surface area (TPSA) is 133 Å². The van der Waals surface area contributed by atoms with E-state index in [9.17, 15) is 18.0 Å². The minimum atomic E-state index is -3.19. The van der Waals surface area contributed by atoms with E-state index in [1.807, 2.05) is 19.9 Å². The molecule has 0 aromatic carbocycles. The second-order valence-electron chi connectivity index (χ2n) is 8.97. The number of alkyl carbamates (subject to hydrolysis) is 1. The molecule has 2 heterocycles. The average molecular weight is 440 g/mol. The van der Waals surface area contributed by atoms with Crippen LogP contribution in [0.1, 0.15) is 44.7 Å². The Morgan fingerprint density at radius 1 is 1.27 bits per heavy atom. The Morgan fingerprint density at radius 3 is 2.60 bits per heavy atom. The molecule has 1 aromatic heterocycles. The minimum Gasteiger partial charge on any atom is -0.446 e. The van der Waals surface area contributed by atoms with Gasteiger partial charge in [0.25, 0.3) is 0 Å². The van der Waals surface area contributed by atoms with Gasteiger partial charge in [-0.2, -0.15) is 5.10 Å². The number of fused-ring (bicyclic) bond motifs is 1. The molecule has 30 heavy (non-hydrogen) atoms. The zero-order valence-corrected chi connectivity index (χ0v) is 18.2. The van der Waals surface area contributed by atoms with Gasteiger partial charge in [-0.05, 0) is 44.9 Å². The highest BCUT2D eigenvalue weighted by Gasteiger charge is 2.60. The van der Waals surface area contributed by atoms with E-state index in [4.69, 9.17) is 4.74 Å². The molecule has 0 bridgehead atoms. The largest absolute Gasteiger partial charge is 0.446 e. The van der Waals surface area contributed by atoms with E-state index < -0.39 is 16.1 Å². The molecule has 5 atom stereocenters. The van der Waals surface area contributed by atoms with Gasteiger partial charge in [-0.1, -0.05) is 0 Å². The maximum atomic E-state index is 12.5. The summed E-state index contributed by atoms with van der Waals surface area (Å²) in [4.78, 5) is 24.3. The second-order valence-corrected chi connectivity index (χ2v) is 11.0. The van der Waals surface area contributed by atoms with Gasteiger partial charge in [0, 0.05) is 42.7 Å². The van der Waals surface area contributed by atoms with E-state index in [2.05, 4.69) is 20.8 Å². The van der Waals surface area contributed by atoms with E-state index in [1.165, 1.54) is 10.6 Å². The zero-order valence-electron chi connectivity index (χ0n) is 17.4. The molecule has 0 radical (unpaired) electrons. The van der Waals surface area contributed by atoms with Gasteiger partial charge in [-0.3, -0.25) is 9.89 Å². The normalized spacial score (nSPS) is 30.9. The van der Waals surface area contributed by atoms with Crippen LogP contribution in [0.3, 0.4) is 0 Å². The highest BCUT2D eigenvalue weighted by atomic mass is 32.2. The van der Waals surface area contributed by atoms with Gasteiger partial charge in [0.2, 0.25) is 15.9 Å². The lowest BCUT2D eigenvalue weighted by Crippen LogP contribution is -2.33. The highest BCUT2D eigenvalue weighted by Crippen LogP contribution is 2.52. The van der Waals surface area contributed by atoms with Gasteiger partial charge in [-0.15, -0.1) is 0 Å². The number of piperidine rings is 1. The van der Waals surface area contributed by atoms with Gasteiger partial charge < -0.3 is 15.4 Å². The molecule has 0 spiro atoms. The smallest absolute Gasteiger partial charge is 0.407 e. The molecule has 10 nitrogen and oxygen atoms in total. The number of aromatic nitrogens is 2. The summed E-state index contributed by atoms with van der Waals surface area (Å²) in [6.45, 7) is 4.60. The summed E-state index contributed by atoms with van der Waals surface area (Å²) in [5.41, 5.74) is 0.917. The second kappa shape index (κ2) is 7.84. The number of carbonyl (C=O) groups excluding carboxylic acids is 2. The SMILES string of the molecule is CC(C)NC(=O)O[C@@H]1CC[C@H](c2cc(NC(=O)C3[C@H]4CN(S(C)(=O)=O)C[C@@H]34)n[nH]2)C1. The van der Waals surface area contributed by atoms with Crippen molar-refractivity contribution in [3.05, 3.63) is 11.8 Å². The molecular weight excluding hydrogens is 410 g/mol. The third kappa shape index (κ3) is 4.46. The third-order valence-corrected chi connectivity index (χ3v) is 7.52. The quantitative estimate of drug-likeness (QED) is 0.611. The molecule has 1 aliphatic heterocycles. The summed E-state index contributed by atoms with van der Waals surface area (Å²) in [6, 6.07) is 1.87. The van der Waals surface area contributed by atoms with E-state index in [0.29, 0.717) is 18.9 Å². The molecule has 2 saturated carbocycles. The summed E-state index contributed by atoms with van der Waals surface area (Å²) >= 11 is 0. The zero-order chi connectivity index (χ0) is 21.6. The van der Waals surface area contributed by atoms with Crippen LogP contribution < -0.4 is 10.6 Å². The number of rotatable bonds is 6.